The van der Waals surface area contributed by atoms with Crippen LogP contribution >= 0.6 is 0 Å². The van der Waals surface area contributed by atoms with Gasteiger partial charge in [-0.3, -0.25) is 0 Å². The fraction of sp³-hybridized carbons (Fsp3) is 0.400. The topological polar surface area (TPSA) is 26.0 Å². The first kappa shape index (κ1) is 11.0. The maximum atomic E-state index is 13.2. The quantitative estimate of drug-likeness (QED) is 0.802. The van der Waals surface area contributed by atoms with Crippen LogP contribution in [-0.4, -0.2) is 0 Å². The lowest BCUT2D eigenvalue weighted by Crippen LogP contribution is -2.10. The van der Waals surface area contributed by atoms with Gasteiger partial charge in [-0.1, -0.05) is 19.1 Å². The van der Waals surface area contributed by atoms with Crippen molar-refractivity contribution >= 4 is 0 Å². The molecule has 0 fully saturated rings. The van der Waals surface area contributed by atoms with Crippen LogP contribution in [0.15, 0.2) is 18.2 Å². The average molecular weight is 203 g/mol. The van der Waals surface area contributed by atoms with Gasteiger partial charge in [0.1, 0.15) is 5.82 Å². The van der Waals surface area contributed by atoms with Crippen LogP contribution in [0.5, 0.6) is 0 Å². The summed E-state index contributed by atoms with van der Waals surface area (Å²) < 4.78 is 37.6. The van der Waals surface area contributed by atoms with Crippen LogP contribution < -0.4 is 5.73 Å². The Balaban J connectivity index is 3.01. The van der Waals surface area contributed by atoms with Crippen LogP contribution in [-0.2, 0) is 0 Å². The fourth-order valence-electron chi connectivity index (χ4n) is 1.20. The van der Waals surface area contributed by atoms with Gasteiger partial charge in [0.2, 0.25) is 0 Å². The molecule has 0 aromatic heterocycles. The van der Waals surface area contributed by atoms with Crippen molar-refractivity contribution < 1.29 is 13.2 Å². The van der Waals surface area contributed by atoms with Gasteiger partial charge < -0.3 is 5.73 Å². The predicted molar refractivity (Wildman–Crippen MR) is 48.6 cm³/mol. The summed E-state index contributed by atoms with van der Waals surface area (Å²) in [5.41, 5.74) is 5.57. The zero-order valence-electron chi connectivity index (χ0n) is 7.81. The second-order valence-electron chi connectivity index (χ2n) is 3.10. The molecule has 14 heavy (non-hydrogen) atoms. The lowest BCUT2D eigenvalue weighted by molar-refractivity contribution is 0.151. The maximum absolute atomic E-state index is 13.2. The molecular formula is C10H12F3N. The van der Waals surface area contributed by atoms with Gasteiger partial charge in [0.25, 0.3) is 6.43 Å². The summed E-state index contributed by atoms with van der Waals surface area (Å²) in [5.74, 6) is -0.655. The summed E-state index contributed by atoms with van der Waals surface area (Å²) in [7, 11) is 0. The molecule has 1 nitrogen and oxygen atoms in total. The maximum Gasteiger partial charge on any atom is 0.263 e. The van der Waals surface area contributed by atoms with Crippen molar-refractivity contribution in [3.05, 3.63) is 35.1 Å². The molecule has 1 rings (SSSR count). The monoisotopic (exact) mass is 203 g/mol. The zero-order valence-corrected chi connectivity index (χ0v) is 7.81. The number of benzene rings is 1. The molecule has 1 aromatic rings. The van der Waals surface area contributed by atoms with E-state index in [1.165, 1.54) is 12.1 Å². The van der Waals surface area contributed by atoms with Crippen molar-refractivity contribution in [2.45, 2.75) is 25.8 Å². The van der Waals surface area contributed by atoms with Crippen LogP contribution in [0.3, 0.4) is 0 Å². The molecule has 1 aromatic carbocycles. The molecule has 0 saturated heterocycles. The van der Waals surface area contributed by atoms with E-state index in [1.807, 2.05) is 6.92 Å². The highest BCUT2D eigenvalue weighted by Crippen LogP contribution is 2.24. The Morgan fingerprint density at radius 1 is 1.36 bits per heavy atom. The van der Waals surface area contributed by atoms with E-state index in [1.54, 1.807) is 0 Å². The largest absolute Gasteiger partial charge is 0.324 e. The molecule has 0 amide bonds. The van der Waals surface area contributed by atoms with Gasteiger partial charge >= 0.3 is 0 Å². The highest BCUT2D eigenvalue weighted by atomic mass is 19.3. The van der Waals surface area contributed by atoms with Crippen molar-refractivity contribution in [2.75, 3.05) is 0 Å². The van der Waals surface area contributed by atoms with Gasteiger partial charge in [-0.25, -0.2) is 13.2 Å². The standard InChI is InChI=1S/C10H12F3N/c1-2-9(14)7-4-3-6(10(12)13)5-8(7)11/h3-5,9-10H,2,14H2,1H3. The molecule has 1 unspecified atom stereocenters. The molecule has 0 saturated carbocycles. The molecule has 0 bridgehead atoms. The van der Waals surface area contributed by atoms with Crippen molar-refractivity contribution in [2.24, 2.45) is 5.73 Å². The Hall–Kier alpha value is -1.03. The Bertz CT molecular complexity index is 312. The van der Waals surface area contributed by atoms with Crippen molar-refractivity contribution in [1.29, 1.82) is 0 Å². The van der Waals surface area contributed by atoms with Gasteiger partial charge in [-0.2, -0.15) is 0 Å². The molecule has 0 spiro atoms. The Morgan fingerprint density at radius 3 is 2.43 bits per heavy atom. The smallest absolute Gasteiger partial charge is 0.263 e. The summed E-state index contributed by atoms with van der Waals surface area (Å²) in [6.07, 6.45) is -2.07. The number of hydrogen-bond acceptors (Lipinski definition) is 1. The average Bonchev–Trinajstić information content (AvgIpc) is 2.16. The van der Waals surface area contributed by atoms with Gasteiger partial charge in [0.05, 0.1) is 0 Å². The van der Waals surface area contributed by atoms with Crippen LogP contribution in [0.4, 0.5) is 13.2 Å². The van der Waals surface area contributed by atoms with Crippen LogP contribution in [0.1, 0.15) is 36.9 Å². The lowest BCUT2D eigenvalue weighted by atomic mass is 10.0. The molecule has 0 aliphatic carbocycles. The van der Waals surface area contributed by atoms with Crippen LogP contribution in [0, 0.1) is 5.82 Å². The minimum Gasteiger partial charge on any atom is -0.324 e. The Morgan fingerprint density at radius 2 is 2.00 bits per heavy atom. The first-order valence-corrected chi connectivity index (χ1v) is 4.39. The minimum atomic E-state index is -2.64. The molecule has 0 aliphatic rings. The SMILES string of the molecule is CCC(N)c1ccc(C(F)F)cc1F. The number of nitrogens with two attached hydrogens (primary N) is 1. The molecule has 4 heteroatoms. The van der Waals surface area contributed by atoms with Crippen LogP contribution in [0.2, 0.25) is 0 Å². The second kappa shape index (κ2) is 4.46. The third-order valence-corrected chi connectivity index (χ3v) is 2.12. The van der Waals surface area contributed by atoms with E-state index < -0.39 is 18.3 Å². The van der Waals surface area contributed by atoms with Gasteiger partial charge in [0, 0.05) is 17.2 Å². The van der Waals surface area contributed by atoms with E-state index in [2.05, 4.69) is 0 Å². The van der Waals surface area contributed by atoms with Gasteiger partial charge in [-0.15, -0.1) is 0 Å². The minimum absolute atomic E-state index is 0.289. The van der Waals surface area contributed by atoms with E-state index in [0.717, 1.165) is 6.07 Å². The first-order chi connectivity index (χ1) is 6.56. The van der Waals surface area contributed by atoms with E-state index in [4.69, 9.17) is 5.73 Å². The molecule has 78 valence electrons. The van der Waals surface area contributed by atoms with E-state index in [-0.39, 0.29) is 11.1 Å². The summed E-state index contributed by atoms with van der Waals surface area (Å²) in [6, 6.07) is 2.95. The number of halogens is 3. The predicted octanol–water partition coefficient (Wildman–Crippen LogP) is 3.17. The van der Waals surface area contributed by atoms with Crippen molar-refractivity contribution in [3.8, 4) is 0 Å². The number of alkyl halides is 2. The first-order valence-electron chi connectivity index (χ1n) is 4.39. The second-order valence-corrected chi connectivity index (χ2v) is 3.10. The summed E-state index contributed by atoms with van der Waals surface area (Å²) >= 11 is 0. The molecule has 0 heterocycles. The van der Waals surface area contributed by atoms with Gasteiger partial charge in [-0.05, 0) is 12.5 Å². The lowest BCUT2D eigenvalue weighted by Gasteiger charge is -2.11. The molecule has 0 aliphatic heterocycles. The molecular weight excluding hydrogens is 191 g/mol. The summed E-state index contributed by atoms with van der Waals surface area (Å²) in [6.45, 7) is 1.81. The number of hydrogen-bond donors (Lipinski definition) is 1. The van der Waals surface area contributed by atoms with Crippen molar-refractivity contribution in [3.63, 3.8) is 0 Å². The van der Waals surface area contributed by atoms with E-state index >= 15 is 0 Å². The van der Waals surface area contributed by atoms with Crippen LogP contribution in [0.25, 0.3) is 0 Å². The zero-order chi connectivity index (χ0) is 10.7. The normalized spacial score (nSPS) is 13.3. The fourth-order valence-corrected chi connectivity index (χ4v) is 1.20. The summed E-state index contributed by atoms with van der Waals surface area (Å²) in [5, 5.41) is 0. The van der Waals surface area contributed by atoms with E-state index in [9.17, 15) is 13.2 Å². The Kier molecular flexibility index (Phi) is 3.52. The Labute approximate surface area is 80.7 Å². The highest BCUT2D eigenvalue weighted by Gasteiger charge is 2.13. The van der Waals surface area contributed by atoms with Gasteiger partial charge in [0.15, 0.2) is 0 Å². The number of rotatable bonds is 3. The third-order valence-electron chi connectivity index (χ3n) is 2.12. The third kappa shape index (κ3) is 2.26. The summed E-state index contributed by atoms with van der Waals surface area (Å²) in [4.78, 5) is 0. The molecule has 2 N–H and O–H groups in total. The van der Waals surface area contributed by atoms with E-state index in [0.29, 0.717) is 6.42 Å². The molecule has 0 radical (unpaired) electrons. The van der Waals surface area contributed by atoms with Crippen molar-refractivity contribution in [1.82, 2.24) is 0 Å². The molecule has 1 atom stereocenters. The highest BCUT2D eigenvalue weighted by molar-refractivity contribution is 5.27.